The van der Waals surface area contributed by atoms with Crippen LogP contribution in [0, 0.1) is 23.4 Å². The second-order valence-electron chi connectivity index (χ2n) is 12.4. The van der Waals surface area contributed by atoms with Crippen LogP contribution in [0.15, 0.2) is 42.5 Å². The van der Waals surface area contributed by atoms with Gasteiger partial charge in [0.1, 0.15) is 12.4 Å². The van der Waals surface area contributed by atoms with Gasteiger partial charge in [0.15, 0.2) is 11.6 Å². The van der Waals surface area contributed by atoms with Crippen molar-refractivity contribution in [3.8, 4) is 0 Å². The first kappa shape index (κ1) is 33.4. The van der Waals surface area contributed by atoms with Gasteiger partial charge in [-0.3, -0.25) is 0 Å². The molecule has 2 saturated heterocycles. The van der Waals surface area contributed by atoms with Gasteiger partial charge in [-0.1, -0.05) is 30.3 Å². The van der Waals surface area contributed by atoms with Crippen molar-refractivity contribution in [1.29, 1.82) is 0 Å². The van der Waals surface area contributed by atoms with Gasteiger partial charge in [-0.2, -0.15) is 4.31 Å². The minimum atomic E-state index is -3.73. The number of nitrogens with zero attached hydrogens (tertiary/aromatic N) is 2. The normalized spacial score (nSPS) is 22.3. The molecular weight excluding hydrogens is 603 g/mol. The molecule has 2 aromatic carbocycles. The maximum Gasteiger partial charge on any atom is 0.409 e. The largest absolute Gasteiger partial charge is 0.445 e. The highest BCUT2D eigenvalue weighted by Crippen LogP contribution is 2.42. The first-order chi connectivity index (χ1) is 20.2. The summed E-state index contributed by atoms with van der Waals surface area (Å²) < 4.78 is 91.6. The van der Waals surface area contributed by atoms with Crippen LogP contribution in [0.5, 0.6) is 0 Å². The summed E-state index contributed by atoms with van der Waals surface area (Å²) in [5, 5.41) is 0. The van der Waals surface area contributed by atoms with E-state index < -0.39 is 55.3 Å². The molecule has 5 atom stereocenters. The van der Waals surface area contributed by atoms with E-state index in [1.165, 1.54) is 11.9 Å². The summed E-state index contributed by atoms with van der Waals surface area (Å²) in [6.45, 7) is 5.41. The number of ether oxygens (including phenoxy) is 1. The summed E-state index contributed by atoms with van der Waals surface area (Å²) in [6.07, 6.45) is 1.51. The van der Waals surface area contributed by atoms with E-state index >= 15 is 0 Å². The molecule has 0 radical (unpaired) electrons. The monoisotopic (exact) mass is 643 g/mol. The van der Waals surface area contributed by atoms with Gasteiger partial charge >= 0.3 is 6.09 Å². The Bertz CT molecular complexity index is 1410. The van der Waals surface area contributed by atoms with Crippen LogP contribution in [-0.4, -0.2) is 70.1 Å². The zero-order valence-corrected chi connectivity index (χ0v) is 26.5. The van der Waals surface area contributed by atoms with Gasteiger partial charge < -0.3 is 9.64 Å². The molecule has 0 aromatic heterocycles. The Hall–Kier alpha value is -2.48. The van der Waals surface area contributed by atoms with Gasteiger partial charge in [0.05, 0.1) is 21.5 Å². The molecule has 2 heterocycles. The number of rotatable bonds is 11. The average Bonchev–Trinajstić information content (AvgIpc) is 3.23. The minimum absolute atomic E-state index is 0.0302. The van der Waals surface area contributed by atoms with E-state index in [0.717, 1.165) is 11.6 Å². The summed E-state index contributed by atoms with van der Waals surface area (Å²) >= 11 is 0. The number of fused-ring (bicyclic) bond motifs is 2. The summed E-state index contributed by atoms with van der Waals surface area (Å²) in [7, 11) is -3.78. The Morgan fingerprint density at radius 3 is 2.28 bits per heavy atom. The molecule has 1 amide bonds. The number of hydrogen-bond donors (Lipinski definition) is 1. The molecule has 2 aromatic rings. The van der Waals surface area contributed by atoms with Gasteiger partial charge in [-0.25, -0.2) is 35.3 Å². The Labute approximate surface area is 254 Å². The lowest BCUT2D eigenvalue weighted by molar-refractivity contribution is 0.106. The topological polar surface area (TPSA) is 96.0 Å². The average molecular weight is 644 g/mol. The molecule has 2 fully saturated rings. The molecule has 0 saturated carbocycles. The van der Waals surface area contributed by atoms with Crippen molar-refractivity contribution in [3.63, 3.8) is 0 Å². The fraction of sp³-hybridized carbons (Fsp3) is 0.567. The molecule has 2 aliphatic heterocycles. The second kappa shape index (κ2) is 13.7. The molecule has 2 aliphatic rings. The number of sulfonamides is 1. The smallest absolute Gasteiger partial charge is 0.409 e. The second-order valence-corrected chi connectivity index (χ2v) is 16.4. The van der Waals surface area contributed by atoms with Gasteiger partial charge in [0.2, 0.25) is 10.0 Å². The van der Waals surface area contributed by atoms with Crippen LogP contribution < -0.4 is 4.72 Å². The van der Waals surface area contributed by atoms with Crippen molar-refractivity contribution in [3.05, 3.63) is 71.0 Å². The lowest BCUT2D eigenvalue weighted by Gasteiger charge is -2.41. The van der Waals surface area contributed by atoms with Crippen molar-refractivity contribution in [2.45, 2.75) is 82.4 Å². The fourth-order valence-electron chi connectivity index (χ4n) is 5.81. The maximum absolute atomic E-state index is 14.6. The number of hydrogen-bond acceptors (Lipinski definition) is 5. The Balaban J connectivity index is 1.42. The molecule has 4 rings (SSSR count). The number of nitrogens with one attached hydrogen (secondary N) is 1. The van der Waals surface area contributed by atoms with E-state index in [-0.39, 0.29) is 48.9 Å². The Morgan fingerprint density at radius 1 is 1.07 bits per heavy atom. The van der Waals surface area contributed by atoms with Crippen LogP contribution in [0.25, 0.3) is 0 Å². The van der Waals surface area contributed by atoms with Crippen molar-refractivity contribution in [2.24, 2.45) is 5.92 Å². The third-order valence-corrected chi connectivity index (χ3v) is 11.7. The molecule has 0 aliphatic carbocycles. The first-order valence-corrected chi connectivity index (χ1v) is 17.2. The van der Waals surface area contributed by atoms with Crippen molar-refractivity contribution in [1.82, 2.24) is 13.9 Å². The van der Waals surface area contributed by atoms with Crippen LogP contribution in [0.3, 0.4) is 0 Å². The zero-order valence-electron chi connectivity index (χ0n) is 24.9. The highest BCUT2D eigenvalue weighted by molar-refractivity contribution is 7.89. The SMILES string of the molecule is CN(CCS(=O)(=O)N1[C@@H]2CC[C@H]1CC([C@@H](Cc1cc(F)c(F)cc1F)N[S@@](=O)C(C)(C)C)C2)C(=O)OCc1ccccc1. The third-order valence-electron chi connectivity index (χ3n) is 8.14. The van der Waals surface area contributed by atoms with E-state index in [2.05, 4.69) is 4.72 Å². The summed E-state index contributed by atoms with van der Waals surface area (Å²) in [5.41, 5.74) is 0.787. The lowest BCUT2D eigenvalue weighted by Crippen LogP contribution is -2.53. The summed E-state index contributed by atoms with van der Waals surface area (Å²) in [4.78, 5) is 13.7. The van der Waals surface area contributed by atoms with Gasteiger partial charge in [-0.15, -0.1) is 0 Å². The van der Waals surface area contributed by atoms with Crippen LogP contribution in [0.2, 0.25) is 0 Å². The third kappa shape index (κ3) is 8.37. The number of piperidine rings is 1. The molecule has 1 N–H and O–H groups in total. The van der Waals surface area contributed by atoms with E-state index in [1.54, 1.807) is 25.1 Å². The molecule has 1 unspecified atom stereocenters. The quantitative estimate of drug-likeness (QED) is 0.352. The summed E-state index contributed by atoms with van der Waals surface area (Å²) in [6, 6.07) is 9.33. The van der Waals surface area contributed by atoms with E-state index in [1.807, 2.05) is 30.3 Å². The zero-order chi connectivity index (χ0) is 31.5. The van der Waals surface area contributed by atoms with Crippen molar-refractivity contribution >= 4 is 27.1 Å². The van der Waals surface area contributed by atoms with Crippen molar-refractivity contribution < 1.29 is 35.3 Å². The lowest BCUT2D eigenvalue weighted by atomic mass is 9.83. The molecular formula is C30H40F3N3O5S2. The molecule has 13 heteroatoms. The highest BCUT2D eigenvalue weighted by atomic mass is 32.2. The molecule has 43 heavy (non-hydrogen) atoms. The highest BCUT2D eigenvalue weighted by Gasteiger charge is 2.48. The number of carbonyl (C=O) groups is 1. The van der Waals surface area contributed by atoms with Crippen LogP contribution in [-0.2, 0) is 38.8 Å². The Morgan fingerprint density at radius 2 is 1.67 bits per heavy atom. The van der Waals surface area contributed by atoms with Crippen LogP contribution in [0.1, 0.15) is 57.6 Å². The number of carbonyl (C=O) groups excluding carboxylic acids is 1. The van der Waals surface area contributed by atoms with Crippen LogP contribution in [0.4, 0.5) is 18.0 Å². The molecule has 8 nitrogen and oxygen atoms in total. The van der Waals surface area contributed by atoms with E-state index in [0.29, 0.717) is 31.7 Å². The van der Waals surface area contributed by atoms with Gasteiger partial charge in [-0.05, 0) is 76.0 Å². The van der Waals surface area contributed by atoms with Gasteiger partial charge in [0, 0.05) is 37.8 Å². The van der Waals surface area contributed by atoms with E-state index in [9.17, 15) is 30.6 Å². The predicted molar refractivity (Wildman–Crippen MR) is 159 cm³/mol. The van der Waals surface area contributed by atoms with E-state index in [4.69, 9.17) is 4.74 Å². The minimum Gasteiger partial charge on any atom is -0.445 e. The van der Waals surface area contributed by atoms with Crippen molar-refractivity contribution in [2.75, 3.05) is 19.3 Å². The first-order valence-electron chi connectivity index (χ1n) is 14.4. The standard InChI is InChI=1S/C30H40F3N3O5S2/c1-30(2,3)42(38)34-28(17-21-16-26(32)27(33)18-25(21)31)22-14-23-10-11-24(15-22)36(23)43(39,40)13-12-35(4)29(37)41-19-20-8-6-5-7-9-20/h5-9,16,18,22-24,28,34H,10-15,17,19H2,1-4H3/t22?,23-,24+,28-,42+/m1/s1. The molecule has 2 bridgehead atoms. The maximum atomic E-state index is 14.6. The predicted octanol–water partition coefficient (Wildman–Crippen LogP) is 4.91. The molecule has 238 valence electrons. The molecule has 0 spiro atoms. The van der Waals surface area contributed by atoms with Crippen LogP contribution >= 0.6 is 0 Å². The van der Waals surface area contributed by atoms with Gasteiger partial charge in [0.25, 0.3) is 0 Å². The Kier molecular flexibility index (Phi) is 10.6. The number of benzene rings is 2. The fourth-order valence-corrected chi connectivity index (χ4v) is 8.72. The number of amides is 1. The summed E-state index contributed by atoms with van der Waals surface area (Å²) in [5.74, 6) is -3.78. The number of halogens is 3.